The second-order valence-corrected chi connectivity index (χ2v) is 2.33. The van der Waals surface area contributed by atoms with Crippen LogP contribution in [-0.4, -0.2) is 0 Å². The number of rotatable bonds is 2. The first-order valence-electron chi connectivity index (χ1n) is 3.89. The van der Waals surface area contributed by atoms with E-state index in [1.165, 1.54) is 5.56 Å². The third kappa shape index (κ3) is 2.88. The molecule has 1 aromatic rings. The van der Waals surface area contributed by atoms with Crippen molar-refractivity contribution in [1.82, 2.24) is 0 Å². The van der Waals surface area contributed by atoms with Crippen molar-refractivity contribution < 1.29 is 0 Å². The van der Waals surface area contributed by atoms with Gasteiger partial charge in [0.1, 0.15) is 0 Å². The molecule has 11 heavy (non-hydrogen) atoms. The Bertz CT molecular complexity index is 251. The van der Waals surface area contributed by atoms with E-state index in [1.54, 1.807) is 0 Å². The maximum absolute atomic E-state index is 3.10. The van der Waals surface area contributed by atoms with Crippen molar-refractivity contribution in [2.75, 3.05) is 0 Å². The van der Waals surface area contributed by atoms with E-state index in [0.717, 1.165) is 6.42 Å². The second kappa shape index (κ2) is 4.54. The third-order valence-corrected chi connectivity index (χ3v) is 1.37. The molecule has 0 saturated heterocycles. The standard InChI is InChI=1S/C11H12/c1-2-3-5-8-11-9-6-4-7-10-11/h3-4,6-10H,2H2,1H3. The molecule has 0 N–H and O–H groups in total. The smallest absolute Gasteiger partial charge is 0.0131 e. The summed E-state index contributed by atoms with van der Waals surface area (Å²) < 4.78 is 0. The summed E-state index contributed by atoms with van der Waals surface area (Å²) in [5, 5.41) is 0. The quantitative estimate of drug-likeness (QED) is 0.559. The minimum atomic E-state index is 1.04. The molecule has 0 aliphatic heterocycles. The lowest BCUT2D eigenvalue weighted by Crippen LogP contribution is -1.65. The van der Waals surface area contributed by atoms with Gasteiger partial charge >= 0.3 is 0 Å². The Morgan fingerprint density at radius 3 is 2.64 bits per heavy atom. The molecule has 0 unspecified atom stereocenters. The number of benzene rings is 1. The Kier molecular flexibility index (Phi) is 3.24. The summed E-state index contributed by atoms with van der Waals surface area (Å²) in [5.41, 5.74) is 4.31. The van der Waals surface area contributed by atoms with Crippen molar-refractivity contribution >= 4 is 6.08 Å². The lowest BCUT2D eigenvalue weighted by atomic mass is 10.2. The highest BCUT2D eigenvalue weighted by atomic mass is 13.8. The molecule has 1 rings (SSSR count). The molecule has 0 aliphatic rings. The van der Waals surface area contributed by atoms with E-state index >= 15 is 0 Å². The molecule has 0 nitrogen and oxygen atoms in total. The number of hydrogen-bond acceptors (Lipinski definition) is 0. The number of allylic oxidation sites excluding steroid dienone is 1. The molecule has 0 amide bonds. The van der Waals surface area contributed by atoms with Crippen molar-refractivity contribution in [2.45, 2.75) is 13.3 Å². The first-order valence-corrected chi connectivity index (χ1v) is 3.89. The third-order valence-electron chi connectivity index (χ3n) is 1.37. The molecule has 0 radical (unpaired) electrons. The van der Waals surface area contributed by atoms with Gasteiger partial charge in [-0.1, -0.05) is 37.3 Å². The van der Waals surface area contributed by atoms with Gasteiger partial charge in [0.2, 0.25) is 0 Å². The van der Waals surface area contributed by atoms with Gasteiger partial charge in [0.25, 0.3) is 0 Å². The summed E-state index contributed by atoms with van der Waals surface area (Å²) in [6.45, 7) is 2.10. The van der Waals surface area contributed by atoms with Crippen molar-refractivity contribution in [3.8, 4) is 0 Å². The van der Waals surface area contributed by atoms with Gasteiger partial charge in [0.05, 0.1) is 0 Å². The van der Waals surface area contributed by atoms with Crippen LogP contribution >= 0.6 is 0 Å². The first-order chi connectivity index (χ1) is 5.43. The van der Waals surface area contributed by atoms with E-state index in [4.69, 9.17) is 0 Å². The summed E-state index contributed by atoms with van der Waals surface area (Å²) in [6, 6.07) is 10.2. The molecule has 0 saturated carbocycles. The average molecular weight is 144 g/mol. The fourth-order valence-electron chi connectivity index (χ4n) is 0.822. The van der Waals surface area contributed by atoms with Crippen LogP contribution in [0.1, 0.15) is 18.9 Å². The highest BCUT2D eigenvalue weighted by Gasteiger charge is 1.78. The lowest BCUT2D eigenvalue weighted by molar-refractivity contribution is 1.23. The van der Waals surface area contributed by atoms with Crippen LogP contribution in [-0.2, 0) is 0 Å². The Hall–Kier alpha value is -1.26. The van der Waals surface area contributed by atoms with Crippen LogP contribution < -0.4 is 0 Å². The molecule has 0 heterocycles. The summed E-state index contributed by atoms with van der Waals surface area (Å²) >= 11 is 0. The predicted octanol–water partition coefficient (Wildman–Crippen LogP) is 3.26. The molecular weight excluding hydrogens is 132 g/mol. The van der Waals surface area contributed by atoms with Gasteiger partial charge in [-0.2, -0.15) is 0 Å². The molecule has 56 valence electrons. The van der Waals surface area contributed by atoms with E-state index < -0.39 is 0 Å². The SMILES string of the molecule is CCC=C=Cc1ccccc1. The number of hydrogen-bond donors (Lipinski definition) is 0. The Morgan fingerprint density at radius 1 is 1.27 bits per heavy atom. The van der Waals surface area contributed by atoms with Crippen LogP contribution in [0.5, 0.6) is 0 Å². The van der Waals surface area contributed by atoms with Crippen LogP contribution in [0.25, 0.3) is 6.08 Å². The van der Waals surface area contributed by atoms with Gasteiger partial charge in [-0.05, 0) is 24.1 Å². The largest absolute Gasteiger partial charge is 0.125 e. The van der Waals surface area contributed by atoms with Gasteiger partial charge in [-0.15, -0.1) is 5.73 Å². The van der Waals surface area contributed by atoms with Crippen molar-refractivity contribution in [3.63, 3.8) is 0 Å². The van der Waals surface area contributed by atoms with Gasteiger partial charge in [-0.25, -0.2) is 0 Å². The molecule has 0 atom stereocenters. The summed E-state index contributed by atoms with van der Waals surface area (Å²) in [5.74, 6) is 0. The lowest BCUT2D eigenvalue weighted by Gasteiger charge is -1.85. The Morgan fingerprint density at radius 2 is 2.00 bits per heavy atom. The van der Waals surface area contributed by atoms with Gasteiger partial charge in [0.15, 0.2) is 0 Å². The average Bonchev–Trinajstić information content (AvgIpc) is 2.07. The zero-order valence-corrected chi connectivity index (χ0v) is 6.75. The normalized spacial score (nSPS) is 8.45. The molecule has 1 aromatic carbocycles. The molecule has 0 aromatic heterocycles. The Labute approximate surface area is 67.9 Å². The van der Waals surface area contributed by atoms with Crippen LogP contribution in [0.2, 0.25) is 0 Å². The fourth-order valence-corrected chi connectivity index (χ4v) is 0.822. The van der Waals surface area contributed by atoms with E-state index in [0.29, 0.717) is 0 Å². The van der Waals surface area contributed by atoms with Crippen molar-refractivity contribution in [3.05, 3.63) is 47.7 Å². The van der Waals surface area contributed by atoms with E-state index in [1.807, 2.05) is 30.4 Å². The van der Waals surface area contributed by atoms with E-state index in [2.05, 4.69) is 24.8 Å². The molecule has 0 aliphatic carbocycles. The summed E-state index contributed by atoms with van der Waals surface area (Å²) in [4.78, 5) is 0. The molecule has 0 bridgehead atoms. The van der Waals surface area contributed by atoms with Crippen LogP contribution in [0, 0.1) is 0 Å². The van der Waals surface area contributed by atoms with Crippen LogP contribution in [0.4, 0.5) is 0 Å². The fraction of sp³-hybridized carbons (Fsp3) is 0.182. The minimum absolute atomic E-state index is 1.04. The summed E-state index contributed by atoms with van der Waals surface area (Å²) in [7, 11) is 0. The zero-order valence-electron chi connectivity index (χ0n) is 6.75. The zero-order chi connectivity index (χ0) is 7.94. The van der Waals surface area contributed by atoms with Crippen molar-refractivity contribution in [1.29, 1.82) is 0 Å². The van der Waals surface area contributed by atoms with E-state index in [9.17, 15) is 0 Å². The van der Waals surface area contributed by atoms with Crippen LogP contribution in [0.15, 0.2) is 42.1 Å². The van der Waals surface area contributed by atoms with Gasteiger partial charge < -0.3 is 0 Å². The minimum Gasteiger partial charge on any atom is -0.125 e. The predicted molar refractivity (Wildman–Crippen MR) is 49.3 cm³/mol. The van der Waals surface area contributed by atoms with Gasteiger partial charge in [-0.3, -0.25) is 0 Å². The highest BCUT2D eigenvalue weighted by Crippen LogP contribution is 1.99. The van der Waals surface area contributed by atoms with Crippen molar-refractivity contribution in [2.24, 2.45) is 0 Å². The van der Waals surface area contributed by atoms with Gasteiger partial charge in [0, 0.05) is 0 Å². The first kappa shape index (κ1) is 7.84. The molecule has 0 fully saturated rings. The molecule has 0 spiro atoms. The topological polar surface area (TPSA) is 0 Å². The monoisotopic (exact) mass is 144 g/mol. The molecule has 0 heteroatoms. The maximum Gasteiger partial charge on any atom is -0.0131 e. The van der Waals surface area contributed by atoms with Crippen LogP contribution in [0.3, 0.4) is 0 Å². The van der Waals surface area contributed by atoms with E-state index in [-0.39, 0.29) is 0 Å². The summed E-state index contributed by atoms with van der Waals surface area (Å²) in [6.07, 6.45) is 5.06. The highest BCUT2D eigenvalue weighted by molar-refractivity contribution is 5.47. The Balaban J connectivity index is 2.72. The second-order valence-electron chi connectivity index (χ2n) is 2.33. The maximum atomic E-state index is 3.10. The molecular formula is C11H12.